The second-order valence-corrected chi connectivity index (χ2v) is 6.15. The third-order valence-corrected chi connectivity index (χ3v) is 4.30. The fraction of sp³-hybridized carbons (Fsp3) is 0.579. The van der Waals surface area contributed by atoms with E-state index in [-0.39, 0.29) is 0 Å². The molecule has 0 saturated heterocycles. The Balaban J connectivity index is 2.43. The van der Waals surface area contributed by atoms with Gasteiger partial charge in [0.05, 0.1) is 8.22 Å². The van der Waals surface area contributed by atoms with E-state index in [0.29, 0.717) is 24.7 Å². The summed E-state index contributed by atoms with van der Waals surface area (Å²) in [4.78, 5) is 24.7. The molecule has 2 N–H and O–H groups in total. The highest BCUT2D eigenvalue weighted by Crippen LogP contribution is 2.33. The predicted molar refractivity (Wildman–Crippen MR) is 90.0 cm³/mol. The number of carbonyl (C=O) groups excluding carboxylic acids is 1. The molecule has 0 aromatic heterocycles. The summed E-state index contributed by atoms with van der Waals surface area (Å²) in [7, 11) is 0. The van der Waals surface area contributed by atoms with Gasteiger partial charge in [0.1, 0.15) is 6.02 Å². The number of carbonyl (C=O) groups is 2. The average molecular weight is 325 g/mol. The Morgan fingerprint density at radius 1 is 1.30 bits per heavy atom. The molecule has 126 valence electrons. The molecule has 1 fully saturated rings. The molecule has 23 heavy (non-hydrogen) atoms. The van der Waals surface area contributed by atoms with Crippen LogP contribution < -0.4 is 5.32 Å². The molecule has 1 aromatic rings. The van der Waals surface area contributed by atoms with Crippen molar-refractivity contribution in [3.05, 3.63) is 35.8 Å². The van der Waals surface area contributed by atoms with Crippen molar-refractivity contribution in [3.63, 3.8) is 0 Å². The van der Waals surface area contributed by atoms with Crippen LogP contribution in [0.5, 0.6) is 0 Å². The van der Waals surface area contributed by atoms with E-state index in [9.17, 15) is 14.7 Å². The first-order chi connectivity index (χ1) is 14.2. The molecule has 1 amide bonds. The van der Waals surface area contributed by atoms with Gasteiger partial charge in [-0.3, -0.25) is 4.79 Å². The van der Waals surface area contributed by atoms with Gasteiger partial charge in [0.25, 0.3) is 0 Å². The summed E-state index contributed by atoms with van der Waals surface area (Å²) in [6.07, 6.45) is -0.866. The first kappa shape index (κ1) is 9.45. The van der Waals surface area contributed by atoms with Gasteiger partial charge in [-0.15, -0.1) is 0 Å². The quantitative estimate of drug-likeness (QED) is 0.843. The Morgan fingerprint density at radius 2 is 1.91 bits per heavy atom. The predicted octanol–water partition coefficient (Wildman–Crippen LogP) is 3.26. The minimum absolute atomic E-state index is 0.432. The van der Waals surface area contributed by atoms with Crippen molar-refractivity contribution >= 4 is 11.9 Å². The molecule has 0 radical (unpaired) electrons. The van der Waals surface area contributed by atoms with Crippen LogP contribution in [-0.2, 0) is 16.0 Å². The van der Waals surface area contributed by atoms with Crippen LogP contribution in [0, 0.1) is 17.8 Å². The topological polar surface area (TPSA) is 66.4 Å². The van der Waals surface area contributed by atoms with E-state index in [1.165, 1.54) is 0 Å². The first-order valence-electron chi connectivity index (χ1n) is 11.8. The van der Waals surface area contributed by atoms with Crippen LogP contribution in [0.25, 0.3) is 0 Å². The molecule has 0 spiro atoms. The Kier molecular flexibility index (Phi) is 3.34. The Morgan fingerprint density at radius 3 is 2.43 bits per heavy atom. The maximum absolute atomic E-state index is 12.8. The van der Waals surface area contributed by atoms with Gasteiger partial charge in [-0.25, -0.2) is 4.79 Å². The van der Waals surface area contributed by atoms with Crippen molar-refractivity contribution in [1.82, 2.24) is 5.32 Å². The molecular weight excluding hydrogens is 290 g/mol. The normalized spacial score (nSPS) is 29.5. The van der Waals surface area contributed by atoms with Crippen molar-refractivity contribution in [1.29, 1.82) is 0 Å². The Labute approximate surface area is 149 Å². The maximum Gasteiger partial charge on any atom is 0.326 e. The van der Waals surface area contributed by atoms with Crippen LogP contribution in [-0.4, -0.2) is 23.0 Å². The van der Waals surface area contributed by atoms with Crippen LogP contribution in [0.3, 0.4) is 0 Å². The molecule has 0 aliphatic heterocycles. The molecule has 1 aliphatic carbocycles. The molecule has 1 atom stereocenters. The highest BCUT2D eigenvalue weighted by Gasteiger charge is 2.30. The van der Waals surface area contributed by atoms with E-state index in [1.54, 1.807) is 0 Å². The summed E-state index contributed by atoms with van der Waals surface area (Å²) < 4.78 is 63.9. The number of amides is 1. The van der Waals surface area contributed by atoms with Gasteiger partial charge in [-0.05, 0) is 43.1 Å². The summed E-state index contributed by atoms with van der Waals surface area (Å²) in [5.41, 5.74) is -0.986. The molecule has 4 nitrogen and oxygen atoms in total. The summed E-state index contributed by atoms with van der Waals surface area (Å²) >= 11 is 0. The van der Waals surface area contributed by atoms with Crippen LogP contribution in [0.4, 0.5) is 0 Å². The summed E-state index contributed by atoms with van der Waals surface area (Å²) in [5.74, 6) is -2.54. The number of benzene rings is 1. The zero-order valence-electron chi connectivity index (χ0n) is 21.3. The molecule has 1 aromatic carbocycles. The van der Waals surface area contributed by atoms with Crippen molar-refractivity contribution in [2.24, 2.45) is 17.8 Å². The van der Waals surface area contributed by atoms with E-state index in [1.807, 2.05) is 5.32 Å². The van der Waals surface area contributed by atoms with Gasteiger partial charge in [0.2, 0.25) is 5.91 Å². The fourth-order valence-corrected chi connectivity index (χ4v) is 2.85. The highest BCUT2D eigenvalue weighted by molar-refractivity contribution is 5.85. The second-order valence-electron chi connectivity index (χ2n) is 6.15. The largest absolute Gasteiger partial charge is 0.480 e. The number of carboxylic acid groups (broad SMARTS) is 1. The van der Waals surface area contributed by atoms with Gasteiger partial charge < -0.3 is 10.4 Å². The average Bonchev–Trinajstić information content (AvgIpc) is 2.70. The van der Waals surface area contributed by atoms with E-state index in [0.717, 1.165) is 12.8 Å². The van der Waals surface area contributed by atoms with Crippen LogP contribution in [0.2, 0.25) is 0 Å². The summed E-state index contributed by atoms with van der Waals surface area (Å²) in [6, 6.07) is -7.70. The molecule has 1 aliphatic rings. The van der Waals surface area contributed by atoms with Gasteiger partial charge in [0.15, 0.2) is 0 Å². The zero-order chi connectivity index (χ0) is 23.9. The smallest absolute Gasteiger partial charge is 0.326 e. The highest BCUT2D eigenvalue weighted by atomic mass is 16.4. The van der Waals surface area contributed by atoms with Crippen molar-refractivity contribution in [3.8, 4) is 0 Å². The van der Waals surface area contributed by atoms with E-state index in [2.05, 4.69) is 13.8 Å². The Hall–Kier alpha value is -1.84. The van der Waals surface area contributed by atoms with E-state index < -0.39 is 66.0 Å². The molecule has 1 unspecified atom stereocenters. The van der Waals surface area contributed by atoms with Crippen molar-refractivity contribution in [2.75, 3.05) is 0 Å². The first-order valence-corrected chi connectivity index (χ1v) is 7.79. The second kappa shape index (κ2) is 8.14. The monoisotopic (exact) mass is 325 g/mol. The van der Waals surface area contributed by atoms with Crippen molar-refractivity contribution in [2.45, 2.75) is 51.9 Å². The van der Waals surface area contributed by atoms with Crippen LogP contribution >= 0.6 is 0 Å². The SMILES string of the molecule is [2H]c1c([2H])c([2H])c(C([2H])([2H])C([2H])(NC(=O)C2CCC(C(C)C)CC2)C(=O)O)c([2H])c1[2H]. The summed E-state index contributed by atoms with van der Waals surface area (Å²) in [5, 5.41) is 11.6. The number of hydrogen-bond acceptors (Lipinski definition) is 2. The minimum atomic E-state index is -3.32. The van der Waals surface area contributed by atoms with Gasteiger partial charge in [-0.2, -0.15) is 0 Å². The van der Waals surface area contributed by atoms with E-state index >= 15 is 0 Å². The summed E-state index contributed by atoms with van der Waals surface area (Å²) in [6.45, 7) is 4.16. The fourth-order valence-electron chi connectivity index (χ4n) is 2.85. The lowest BCUT2D eigenvalue weighted by Crippen LogP contribution is -2.45. The number of rotatable bonds is 6. The molecule has 0 bridgehead atoms. The van der Waals surface area contributed by atoms with Gasteiger partial charge in [0, 0.05) is 15.0 Å². The van der Waals surface area contributed by atoms with Gasteiger partial charge in [-0.1, -0.05) is 44.1 Å². The van der Waals surface area contributed by atoms with Crippen LogP contribution in [0.1, 0.15) is 56.1 Å². The molecule has 0 heterocycles. The van der Waals surface area contributed by atoms with Crippen molar-refractivity contribution < 1.29 is 25.7 Å². The third-order valence-electron chi connectivity index (χ3n) is 4.30. The standard InChI is InChI=1S/C19H27NO3/c1-13(2)15-8-10-16(11-9-15)18(21)20-17(19(22)23)12-14-6-4-3-5-7-14/h3-7,13,15-17H,8-12H2,1-2H3,(H,20,21)(H,22,23)/i3D,4D,5D,6D,7D,12D2,17D. The van der Waals surface area contributed by atoms with E-state index in [4.69, 9.17) is 11.0 Å². The number of carboxylic acids is 1. The maximum atomic E-state index is 12.8. The zero-order valence-corrected chi connectivity index (χ0v) is 13.3. The molecular formula is C19H27NO3. The van der Waals surface area contributed by atoms with Gasteiger partial charge >= 0.3 is 5.97 Å². The number of nitrogens with one attached hydrogen (secondary N) is 1. The van der Waals surface area contributed by atoms with Crippen LogP contribution in [0.15, 0.2) is 30.2 Å². The minimum Gasteiger partial charge on any atom is -0.480 e. The molecule has 1 saturated carbocycles. The third kappa shape index (κ3) is 5.08. The molecule has 4 heteroatoms. The lowest BCUT2D eigenvalue weighted by atomic mass is 9.76. The number of hydrogen-bond donors (Lipinski definition) is 2. The Bertz CT molecular complexity index is 854. The lowest BCUT2D eigenvalue weighted by Gasteiger charge is -2.30. The molecule has 2 rings (SSSR count). The lowest BCUT2D eigenvalue weighted by molar-refractivity contribution is -0.142. The number of aliphatic carboxylic acids is 1.